The molecule has 132 valence electrons. The highest BCUT2D eigenvalue weighted by atomic mass is 16.6. The van der Waals surface area contributed by atoms with Crippen LogP contribution < -0.4 is 0 Å². The second kappa shape index (κ2) is 6.73. The summed E-state index contributed by atoms with van der Waals surface area (Å²) in [6.07, 6.45) is 1.15. The molecule has 3 rings (SSSR count). The van der Waals surface area contributed by atoms with E-state index < -0.39 is 5.60 Å². The predicted octanol–water partition coefficient (Wildman–Crippen LogP) is 2.59. The van der Waals surface area contributed by atoms with Gasteiger partial charge in [0.25, 0.3) is 0 Å². The van der Waals surface area contributed by atoms with E-state index in [9.17, 15) is 9.90 Å². The molecule has 1 amide bonds. The molecule has 2 atom stereocenters. The van der Waals surface area contributed by atoms with Crippen LogP contribution in [0.4, 0.5) is 4.79 Å². The molecule has 1 heterocycles. The highest BCUT2D eigenvalue weighted by Crippen LogP contribution is 2.35. The zero-order valence-electron chi connectivity index (χ0n) is 14.9. The first-order valence-corrected chi connectivity index (χ1v) is 8.83. The highest BCUT2D eigenvalue weighted by Gasteiger charge is 2.35. The van der Waals surface area contributed by atoms with E-state index in [4.69, 9.17) is 4.74 Å². The van der Waals surface area contributed by atoms with Crippen molar-refractivity contribution < 1.29 is 14.6 Å². The van der Waals surface area contributed by atoms with Gasteiger partial charge in [0.15, 0.2) is 0 Å². The normalized spacial score (nSPS) is 25.2. The van der Waals surface area contributed by atoms with Crippen molar-refractivity contribution in [2.45, 2.75) is 51.4 Å². The molecule has 5 nitrogen and oxygen atoms in total. The number of benzene rings is 1. The largest absolute Gasteiger partial charge is 0.444 e. The number of aryl methyl sites for hydroxylation is 1. The van der Waals surface area contributed by atoms with Crippen molar-refractivity contribution in [2.24, 2.45) is 0 Å². The maximum atomic E-state index is 12.2. The van der Waals surface area contributed by atoms with Gasteiger partial charge in [-0.15, -0.1) is 0 Å². The first-order chi connectivity index (χ1) is 11.3. The van der Waals surface area contributed by atoms with Gasteiger partial charge >= 0.3 is 6.09 Å². The summed E-state index contributed by atoms with van der Waals surface area (Å²) in [5.41, 5.74) is 2.11. The lowest BCUT2D eigenvalue weighted by molar-refractivity contribution is -0.00967. The standard InChI is InChI=1S/C19H28N2O3/c1-19(2,3)24-18(23)21-12-10-20(11-13-21)17-15-7-5-4-6-14(15)8-9-16(17)22/h4-7,16-17,22H,8-13H2,1-3H3. The van der Waals surface area contributed by atoms with Gasteiger partial charge in [0.2, 0.25) is 0 Å². The summed E-state index contributed by atoms with van der Waals surface area (Å²) in [5, 5.41) is 10.5. The van der Waals surface area contributed by atoms with Gasteiger partial charge in [0.1, 0.15) is 5.60 Å². The summed E-state index contributed by atoms with van der Waals surface area (Å²) in [4.78, 5) is 16.3. The van der Waals surface area contributed by atoms with Gasteiger partial charge in [0.05, 0.1) is 12.1 Å². The molecule has 0 saturated carbocycles. The fourth-order valence-corrected chi connectivity index (χ4v) is 3.67. The zero-order chi connectivity index (χ0) is 17.3. The maximum Gasteiger partial charge on any atom is 0.410 e. The quantitative estimate of drug-likeness (QED) is 0.859. The van der Waals surface area contributed by atoms with E-state index in [0.717, 1.165) is 25.9 Å². The average molecular weight is 332 g/mol. The number of fused-ring (bicyclic) bond motifs is 1. The van der Waals surface area contributed by atoms with Crippen molar-refractivity contribution in [3.05, 3.63) is 35.4 Å². The summed E-state index contributed by atoms with van der Waals surface area (Å²) in [6, 6.07) is 8.43. The van der Waals surface area contributed by atoms with Crippen LogP contribution in [0.3, 0.4) is 0 Å². The van der Waals surface area contributed by atoms with E-state index >= 15 is 0 Å². The van der Waals surface area contributed by atoms with E-state index in [-0.39, 0.29) is 18.2 Å². The monoisotopic (exact) mass is 332 g/mol. The summed E-state index contributed by atoms with van der Waals surface area (Å²) >= 11 is 0. The van der Waals surface area contributed by atoms with Crippen LogP contribution in [0.1, 0.15) is 44.4 Å². The summed E-state index contributed by atoms with van der Waals surface area (Å²) in [5.74, 6) is 0. The Morgan fingerprint density at radius 1 is 1.17 bits per heavy atom. The molecule has 1 N–H and O–H groups in total. The lowest BCUT2D eigenvalue weighted by Crippen LogP contribution is -2.53. The number of ether oxygens (including phenoxy) is 1. The second-order valence-electron chi connectivity index (χ2n) is 7.75. The van der Waals surface area contributed by atoms with Crippen molar-refractivity contribution in [3.8, 4) is 0 Å². The SMILES string of the molecule is CC(C)(C)OC(=O)N1CCN(C2c3ccccc3CCC2O)CC1. The van der Waals surface area contributed by atoms with Crippen molar-refractivity contribution in [1.82, 2.24) is 9.80 Å². The highest BCUT2D eigenvalue weighted by molar-refractivity contribution is 5.68. The van der Waals surface area contributed by atoms with Crippen molar-refractivity contribution in [1.29, 1.82) is 0 Å². The Kier molecular flexibility index (Phi) is 4.83. The van der Waals surface area contributed by atoms with Crippen molar-refractivity contribution in [3.63, 3.8) is 0 Å². The van der Waals surface area contributed by atoms with Crippen LogP contribution in [0.2, 0.25) is 0 Å². The zero-order valence-corrected chi connectivity index (χ0v) is 14.9. The van der Waals surface area contributed by atoms with Gasteiger partial charge in [-0.2, -0.15) is 0 Å². The summed E-state index contributed by atoms with van der Waals surface area (Å²) in [6.45, 7) is 8.45. The number of rotatable bonds is 1. The smallest absolute Gasteiger partial charge is 0.410 e. The molecule has 2 aliphatic rings. The number of nitrogens with zero attached hydrogens (tertiary/aromatic N) is 2. The molecule has 1 saturated heterocycles. The molecule has 2 unspecified atom stereocenters. The fraction of sp³-hybridized carbons (Fsp3) is 0.632. The Morgan fingerprint density at radius 2 is 1.83 bits per heavy atom. The van der Waals surface area contributed by atoms with Crippen molar-refractivity contribution >= 4 is 6.09 Å². The number of hydrogen-bond acceptors (Lipinski definition) is 4. The number of aliphatic hydroxyl groups excluding tert-OH is 1. The number of piperazine rings is 1. The van der Waals surface area contributed by atoms with Gasteiger partial charge < -0.3 is 14.7 Å². The molecular formula is C19H28N2O3. The molecule has 24 heavy (non-hydrogen) atoms. The Labute approximate surface area is 144 Å². The Morgan fingerprint density at radius 3 is 2.50 bits per heavy atom. The fourth-order valence-electron chi connectivity index (χ4n) is 3.67. The molecule has 1 aliphatic carbocycles. The molecule has 0 spiro atoms. The van der Waals surface area contributed by atoms with Gasteiger partial charge in [-0.25, -0.2) is 4.79 Å². The van der Waals surface area contributed by atoms with Gasteiger partial charge in [-0.05, 0) is 44.7 Å². The third-order valence-corrected chi connectivity index (χ3v) is 4.81. The molecule has 0 bridgehead atoms. The van der Waals surface area contributed by atoms with E-state index in [0.29, 0.717) is 13.1 Å². The maximum absolute atomic E-state index is 12.2. The van der Waals surface area contributed by atoms with Crippen LogP contribution in [0, 0.1) is 0 Å². The molecule has 1 fully saturated rings. The van der Waals surface area contributed by atoms with Gasteiger partial charge in [-0.1, -0.05) is 24.3 Å². The topological polar surface area (TPSA) is 53.0 Å². The van der Waals surface area contributed by atoms with Gasteiger partial charge in [0, 0.05) is 26.2 Å². The van der Waals surface area contributed by atoms with Crippen LogP contribution in [-0.4, -0.2) is 58.9 Å². The average Bonchev–Trinajstić information content (AvgIpc) is 2.53. The lowest BCUT2D eigenvalue weighted by Gasteiger charge is -2.43. The number of amides is 1. The Hall–Kier alpha value is -1.59. The first-order valence-electron chi connectivity index (χ1n) is 8.83. The lowest BCUT2D eigenvalue weighted by atomic mass is 9.84. The van der Waals surface area contributed by atoms with Crippen LogP contribution in [0.5, 0.6) is 0 Å². The van der Waals surface area contributed by atoms with E-state index in [1.807, 2.05) is 26.8 Å². The predicted molar refractivity (Wildman–Crippen MR) is 92.9 cm³/mol. The van der Waals surface area contributed by atoms with Crippen LogP contribution in [0.25, 0.3) is 0 Å². The van der Waals surface area contributed by atoms with Crippen LogP contribution in [-0.2, 0) is 11.2 Å². The molecule has 0 radical (unpaired) electrons. The molecular weight excluding hydrogens is 304 g/mol. The van der Waals surface area contributed by atoms with Gasteiger partial charge in [-0.3, -0.25) is 4.90 Å². The van der Waals surface area contributed by atoms with Crippen molar-refractivity contribution in [2.75, 3.05) is 26.2 Å². The molecule has 1 aromatic rings. The van der Waals surface area contributed by atoms with Crippen LogP contribution >= 0.6 is 0 Å². The Balaban J connectivity index is 1.66. The molecule has 0 aromatic heterocycles. The number of carbonyl (C=O) groups excluding carboxylic acids is 1. The van der Waals surface area contributed by atoms with E-state index in [1.54, 1.807) is 4.90 Å². The number of aliphatic hydroxyl groups is 1. The number of hydrogen-bond donors (Lipinski definition) is 1. The number of carbonyl (C=O) groups is 1. The van der Waals surface area contributed by atoms with E-state index in [2.05, 4.69) is 23.1 Å². The second-order valence-corrected chi connectivity index (χ2v) is 7.75. The minimum atomic E-state index is -0.466. The Bertz CT molecular complexity index is 589. The summed E-state index contributed by atoms with van der Waals surface area (Å²) < 4.78 is 5.45. The van der Waals surface area contributed by atoms with E-state index in [1.165, 1.54) is 11.1 Å². The minimum absolute atomic E-state index is 0.0377. The first kappa shape index (κ1) is 17.2. The minimum Gasteiger partial charge on any atom is -0.444 e. The third kappa shape index (κ3) is 3.73. The van der Waals surface area contributed by atoms with Crippen LogP contribution in [0.15, 0.2) is 24.3 Å². The molecule has 1 aromatic carbocycles. The third-order valence-electron chi connectivity index (χ3n) is 4.81. The summed E-state index contributed by atoms with van der Waals surface area (Å²) in [7, 11) is 0. The molecule has 1 aliphatic heterocycles. The molecule has 5 heteroatoms.